The third-order valence-electron chi connectivity index (χ3n) is 3.37. The van der Waals surface area contributed by atoms with Gasteiger partial charge in [-0.05, 0) is 24.3 Å². The van der Waals surface area contributed by atoms with Crippen molar-refractivity contribution in [2.24, 2.45) is 5.14 Å². The fraction of sp³-hybridized carbons (Fsp3) is 0.0667. The predicted molar refractivity (Wildman–Crippen MR) is 87.7 cm³/mol. The van der Waals surface area contributed by atoms with Crippen molar-refractivity contribution in [1.29, 1.82) is 0 Å². The van der Waals surface area contributed by atoms with Gasteiger partial charge in [0.1, 0.15) is 0 Å². The molecular formula is C15H12N2O5S2. The molecule has 3 rings (SSSR count). The fourth-order valence-corrected chi connectivity index (χ4v) is 4.44. The van der Waals surface area contributed by atoms with Gasteiger partial charge in [0.15, 0.2) is 0 Å². The Bertz CT molecular complexity index is 970. The van der Waals surface area contributed by atoms with E-state index in [0.29, 0.717) is 10.5 Å². The average Bonchev–Trinajstić information content (AvgIpc) is 2.68. The molecule has 0 saturated carbocycles. The summed E-state index contributed by atoms with van der Waals surface area (Å²) in [6, 6.07) is 9.29. The molecule has 0 bridgehead atoms. The molecule has 1 aliphatic heterocycles. The second kappa shape index (κ2) is 5.93. The number of nitrogens with two attached hydrogens (primary N) is 1. The molecule has 1 aliphatic rings. The van der Waals surface area contributed by atoms with Gasteiger partial charge in [-0.2, -0.15) is 0 Å². The van der Waals surface area contributed by atoms with E-state index in [2.05, 4.69) is 10.1 Å². The van der Waals surface area contributed by atoms with Crippen LogP contribution in [0.15, 0.2) is 51.1 Å². The lowest BCUT2D eigenvalue weighted by Crippen LogP contribution is -2.17. The predicted octanol–water partition coefficient (Wildman–Crippen LogP) is 1.84. The summed E-state index contributed by atoms with van der Waals surface area (Å²) in [5.41, 5.74) is 0.568. The number of benzene rings is 2. The number of methoxy groups -OCH3 is 1. The van der Waals surface area contributed by atoms with Crippen molar-refractivity contribution in [2.75, 3.05) is 12.4 Å². The summed E-state index contributed by atoms with van der Waals surface area (Å²) < 4.78 is 28.6. The number of fused-ring (bicyclic) bond motifs is 2. The van der Waals surface area contributed by atoms with Crippen LogP contribution in [-0.4, -0.2) is 27.4 Å². The maximum absolute atomic E-state index is 12.4. The monoisotopic (exact) mass is 364 g/mol. The first-order valence-electron chi connectivity index (χ1n) is 6.68. The summed E-state index contributed by atoms with van der Waals surface area (Å²) in [5.74, 6) is -1.14. The molecule has 7 nitrogen and oxygen atoms in total. The van der Waals surface area contributed by atoms with Crippen LogP contribution >= 0.6 is 11.8 Å². The molecule has 0 radical (unpaired) electrons. The number of sulfonamides is 1. The molecule has 0 aliphatic carbocycles. The topological polar surface area (TPSA) is 116 Å². The van der Waals surface area contributed by atoms with E-state index >= 15 is 0 Å². The number of anilines is 1. The van der Waals surface area contributed by atoms with E-state index in [0.717, 1.165) is 17.8 Å². The highest BCUT2D eigenvalue weighted by atomic mass is 32.2. The smallest absolute Gasteiger partial charge is 0.337 e. The second-order valence-corrected chi connectivity index (χ2v) is 7.52. The van der Waals surface area contributed by atoms with Gasteiger partial charge in [0, 0.05) is 4.90 Å². The molecule has 0 aromatic heterocycles. The molecule has 9 heteroatoms. The summed E-state index contributed by atoms with van der Waals surface area (Å²) in [6.45, 7) is 0. The quantitative estimate of drug-likeness (QED) is 0.786. The van der Waals surface area contributed by atoms with Crippen molar-refractivity contribution in [3.8, 4) is 0 Å². The van der Waals surface area contributed by atoms with Gasteiger partial charge in [0.2, 0.25) is 10.0 Å². The standard InChI is InChI=1S/C15H12N2O5S2/c1-22-15(19)8-6-10-13(12(7-8)24(16,20)21)23-11-5-3-2-4-9(11)14(18)17-10/h2-7H,1H3,(H,17,18)(H2,16,20,21). The lowest BCUT2D eigenvalue weighted by Gasteiger charge is -2.12. The Balaban J connectivity index is 2.29. The minimum absolute atomic E-state index is 0.0212. The lowest BCUT2D eigenvalue weighted by molar-refractivity contribution is 0.0600. The number of primary sulfonamides is 1. The van der Waals surface area contributed by atoms with Crippen LogP contribution in [0.4, 0.5) is 5.69 Å². The van der Waals surface area contributed by atoms with Gasteiger partial charge < -0.3 is 10.1 Å². The highest BCUT2D eigenvalue weighted by Crippen LogP contribution is 2.42. The number of carbonyl (C=O) groups excluding carboxylic acids is 2. The Morgan fingerprint density at radius 3 is 2.62 bits per heavy atom. The van der Waals surface area contributed by atoms with E-state index in [1.165, 1.54) is 13.2 Å². The van der Waals surface area contributed by atoms with Crippen molar-refractivity contribution in [3.05, 3.63) is 47.5 Å². The van der Waals surface area contributed by atoms with Crippen LogP contribution in [0.5, 0.6) is 0 Å². The van der Waals surface area contributed by atoms with Gasteiger partial charge in [-0.25, -0.2) is 18.4 Å². The Morgan fingerprint density at radius 1 is 1.25 bits per heavy atom. The number of amides is 1. The molecule has 24 heavy (non-hydrogen) atoms. The molecule has 2 aromatic carbocycles. The van der Waals surface area contributed by atoms with Crippen LogP contribution in [0.3, 0.4) is 0 Å². The highest BCUT2D eigenvalue weighted by Gasteiger charge is 2.27. The zero-order valence-electron chi connectivity index (χ0n) is 12.4. The van der Waals surface area contributed by atoms with Gasteiger partial charge in [0.05, 0.1) is 33.7 Å². The van der Waals surface area contributed by atoms with Gasteiger partial charge in [0.25, 0.3) is 5.91 Å². The molecule has 0 fully saturated rings. The first kappa shape index (κ1) is 16.5. The molecule has 1 amide bonds. The van der Waals surface area contributed by atoms with E-state index in [4.69, 9.17) is 5.14 Å². The van der Waals surface area contributed by atoms with Crippen molar-refractivity contribution in [3.63, 3.8) is 0 Å². The molecule has 1 heterocycles. The van der Waals surface area contributed by atoms with Crippen molar-refractivity contribution in [2.45, 2.75) is 14.7 Å². The van der Waals surface area contributed by atoms with Crippen LogP contribution in [0.1, 0.15) is 20.7 Å². The molecule has 0 saturated heterocycles. The number of hydrogen-bond acceptors (Lipinski definition) is 6. The number of ether oxygens (including phenoxy) is 1. The zero-order valence-corrected chi connectivity index (χ0v) is 14.0. The Morgan fingerprint density at radius 2 is 1.96 bits per heavy atom. The van der Waals surface area contributed by atoms with Crippen molar-refractivity contribution < 1.29 is 22.7 Å². The number of nitrogens with one attached hydrogen (secondary N) is 1. The summed E-state index contributed by atoms with van der Waals surface area (Å²) in [5, 5.41) is 7.91. The third-order valence-corrected chi connectivity index (χ3v) is 5.66. The molecular weight excluding hydrogens is 352 g/mol. The third kappa shape index (κ3) is 2.88. The number of esters is 1. The normalized spacial score (nSPS) is 13.3. The van der Waals surface area contributed by atoms with Crippen LogP contribution in [0.2, 0.25) is 0 Å². The Kier molecular flexibility index (Phi) is 4.08. The summed E-state index contributed by atoms with van der Waals surface area (Å²) in [7, 11) is -2.95. The molecule has 2 aromatic rings. The minimum atomic E-state index is -4.12. The minimum Gasteiger partial charge on any atom is -0.465 e. The summed E-state index contributed by atoms with van der Waals surface area (Å²) in [6.07, 6.45) is 0. The Labute approximate surface area is 142 Å². The van der Waals surface area contributed by atoms with E-state index in [1.54, 1.807) is 24.3 Å². The van der Waals surface area contributed by atoms with Gasteiger partial charge in [-0.15, -0.1) is 0 Å². The van der Waals surface area contributed by atoms with E-state index in [-0.39, 0.29) is 21.0 Å². The van der Waals surface area contributed by atoms with Gasteiger partial charge >= 0.3 is 5.97 Å². The van der Waals surface area contributed by atoms with Crippen LogP contribution in [-0.2, 0) is 14.8 Å². The molecule has 0 atom stereocenters. The van der Waals surface area contributed by atoms with Gasteiger partial charge in [-0.1, -0.05) is 23.9 Å². The number of hydrogen-bond donors (Lipinski definition) is 2. The fourth-order valence-electron chi connectivity index (χ4n) is 2.29. The maximum atomic E-state index is 12.4. The largest absolute Gasteiger partial charge is 0.465 e. The van der Waals surface area contributed by atoms with E-state index in [9.17, 15) is 18.0 Å². The molecule has 3 N–H and O–H groups in total. The zero-order chi connectivity index (χ0) is 17.5. The number of rotatable bonds is 2. The Hall–Kier alpha value is -2.36. The number of carbonyl (C=O) groups is 2. The van der Waals surface area contributed by atoms with E-state index < -0.39 is 21.9 Å². The molecule has 124 valence electrons. The van der Waals surface area contributed by atoms with Crippen LogP contribution in [0, 0.1) is 0 Å². The van der Waals surface area contributed by atoms with Crippen molar-refractivity contribution in [1.82, 2.24) is 0 Å². The first-order chi connectivity index (χ1) is 11.3. The second-order valence-electron chi connectivity index (χ2n) is 4.94. The first-order valence-corrected chi connectivity index (χ1v) is 9.05. The highest BCUT2D eigenvalue weighted by molar-refractivity contribution is 8.00. The van der Waals surface area contributed by atoms with Crippen LogP contribution in [0.25, 0.3) is 0 Å². The SMILES string of the molecule is COC(=O)c1cc2c(c(S(N)(=O)=O)c1)Sc1ccccc1C(=O)N2. The van der Waals surface area contributed by atoms with Gasteiger partial charge in [-0.3, -0.25) is 4.79 Å². The van der Waals surface area contributed by atoms with Crippen molar-refractivity contribution >= 4 is 39.3 Å². The maximum Gasteiger partial charge on any atom is 0.337 e. The summed E-state index contributed by atoms with van der Waals surface area (Å²) in [4.78, 5) is 24.7. The average molecular weight is 364 g/mol. The van der Waals surface area contributed by atoms with E-state index in [1.807, 2.05) is 0 Å². The molecule has 0 unspecified atom stereocenters. The lowest BCUT2D eigenvalue weighted by atomic mass is 10.1. The molecule has 0 spiro atoms. The van der Waals surface area contributed by atoms with Crippen LogP contribution < -0.4 is 10.5 Å². The summed E-state index contributed by atoms with van der Waals surface area (Å²) >= 11 is 1.09.